The lowest BCUT2D eigenvalue weighted by atomic mass is 10.1. The molecule has 0 aromatic rings. The monoisotopic (exact) mass is 482 g/mol. The Morgan fingerprint density at radius 3 is 2.19 bits per heavy atom. The van der Waals surface area contributed by atoms with Gasteiger partial charge in [0.2, 0.25) is 5.91 Å². The van der Waals surface area contributed by atoms with Crippen LogP contribution in [0.15, 0.2) is 4.99 Å². The van der Waals surface area contributed by atoms with Crippen LogP contribution in [-0.2, 0) is 14.3 Å². The minimum absolute atomic E-state index is 0. The fourth-order valence-corrected chi connectivity index (χ4v) is 2.81. The molecule has 0 aromatic heterocycles. The van der Waals surface area contributed by atoms with Crippen molar-refractivity contribution in [2.75, 3.05) is 45.9 Å². The van der Waals surface area contributed by atoms with E-state index in [1.165, 1.54) is 0 Å². The number of piperazine rings is 1. The van der Waals surface area contributed by atoms with Crippen LogP contribution in [0.25, 0.3) is 0 Å². The molecule has 0 atom stereocenters. The highest BCUT2D eigenvalue weighted by Crippen LogP contribution is 2.06. The van der Waals surface area contributed by atoms with Crippen LogP contribution in [0.3, 0.4) is 0 Å². The smallest absolute Gasteiger partial charge is 0.305 e. The zero-order valence-corrected chi connectivity index (χ0v) is 18.8. The van der Waals surface area contributed by atoms with Crippen molar-refractivity contribution in [3.63, 3.8) is 0 Å². The summed E-state index contributed by atoms with van der Waals surface area (Å²) in [4.78, 5) is 31.5. The van der Waals surface area contributed by atoms with Gasteiger partial charge in [0.15, 0.2) is 5.96 Å². The number of halogens is 1. The van der Waals surface area contributed by atoms with Crippen LogP contribution in [0, 0.1) is 0 Å². The second-order valence-corrected chi connectivity index (χ2v) is 6.20. The second kappa shape index (κ2) is 15.0. The van der Waals surface area contributed by atoms with Crippen molar-refractivity contribution < 1.29 is 14.3 Å². The number of nitrogens with one attached hydrogen (secondary N) is 1. The van der Waals surface area contributed by atoms with Gasteiger partial charge in [-0.1, -0.05) is 12.8 Å². The van der Waals surface area contributed by atoms with E-state index in [9.17, 15) is 9.59 Å². The first-order chi connectivity index (χ1) is 12.1. The maximum atomic E-state index is 11.4. The highest BCUT2D eigenvalue weighted by molar-refractivity contribution is 14.0. The minimum atomic E-state index is -0.0975. The first-order valence-corrected chi connectivity index (χ1v) is 9.52. The van der Waals surface area contributed by atoms with E-state index in [4.69, 9.17) is 9.73 Å². The number of aliphatic imine (C=N–C) groups is 1. The molecule has 1 rings (SSSR count). The first-order valence-electron chi connectivity index (χ1n) is 9.52. The molecular weight excluding hydrogens is 447 g/mol. The van der Waals surface area contributed by atoms with Gasteiger partial charge in [0.25, 0.3) is 0 Å². The lowest BCUT2D eigenvalue weighted by molar-refractivity contribution is -0.143. The number of rotatable bonds is 9. The molecule has 1 aliphatic rings. The third kappa shape index (κ3) is 10.2. The van der Waals surface area contributed by atoms with E-state index in [-0.39, 0.29) is 35.9 Å². The topological polar surface area (TPSA) is 74.2 Å². The van der Waals surface area contributed by atoms with Crippen LogP contribution >= 0.6 is 24.0 Å². The van der Waals surface area contributed by atoms with Crippen LogP contribution in [0.4, 0.5) is 0 Å². The third-order valence-corrected chi connectivity index (χ3v) is 4.22. The van der Waals surface area contributed by atoms with Gasteiger partial charge < -0.3 is 19.9 Å². The maximum absolute atomic E-state index is 11.4. The van der Waals surface area contributed by atoms with Gasteiger partial charge in [-0.15, -0.1) is 24.0 Å². The number of hydrogen-bond donors (Lipinski definition) is 1. The Morgan fingerprint density at radius 2 is 1.62 bits per heavy atom. The molecule has 1 fully saturated rings. The highest BCUT2D eigenvalue weighted by Gasteiger charge is 2.20. The van der Waals surface area contributed by atoms with E-state index in [0.717, 1.165) is 70.9 Å². The number of guanidine groups is 1. The molecule has 7 nitrogen and oxygen atoms in total. The van der Waals surface area contributed by atoms with E-state index in [1.807, 2.05) is 11.8 Å². The van der Waals surface area contributed by atoms with Crippen molar-refractivity contribution in [2.24, 2.45) is 4.99 Å². The Morgan fingerprint density at radius 1 is 1.00 bits per heavy atom. The largest absolute Gasteiger partial charge is 0.466 e. The Bertz CT molecular complexity index is 438. The fourth-order valence-electron chi connectivity index (χ4n) is 2.81. The van der Waals surface area contributed by atoms with Gasteiger partial charge in [0, 0.05) is 52.6 Å². The van der Waals surface area contributed by atoms with Crippen molar-refractivity contribution in [3.8, 4) is 0 Å². The zero-order chi connectivity index (χ0) is 18.5. The lowest BCUT2D eigenvalue weighted by Crippen LogP contribution is -2.53. The van der Waals surface area contributed by atoms with E-state index in [1.54, 1.807) is 6.92 Å². The van der Waals surface area contributed by atoms with E-state index >= 15 is 0 Å². The fraction of sp³-hybridized carbons (Fsp3) is 0.833. The van der Waals surface area contributed by atoms with Gasteiger partial charge in [0.1, 0.15) is 0 Å². The number of nitrogens with zero attached hydrogens (tertiary/aromatic N) is 3. The molecule has 0 bridgehead atoms. The summed E-state index contributed by atoms with van der Waals surface area (Å²) in [6.07, 6.45) is 4.52. The molecule has 152 valence electrons. The van der Waals surface area contributed by atoms with Gasteiger partial charge in [-0.2, -0.15) is 0 Å². The molecule has 8 heteroatoms. The number of esters is 1. The Labute approximate surface area is 174 Å². The lowest BCUT2D eigenvalue weighted by Gasteiger charge is -2.36. The Kier molecular flexibility index (Phi) is 14.4. The molecule has 26 heavy (non-hydrogen) atoms. The number of ether oxygens (including phenoxy) is 1. The third-order valence-electron chi connectivity index (χ3n) is 4.22. The summed E-state index contributed by atoms with van der Waals surface area (Å²) in [6, 6.07) is 0. The van der Waals surface area contributed by atoms with Gasteiger partial charge >= 0.3 is 5.97 Å². The van der Waals surface area contributed by atoms with Crippen LogP contribution in [0.5, 0.6) is 0 Å². The summed E-state index contributed by atoms with van der Waals surface area (Å²) < 4.78 is 4.92. The maximum Gasteiger partial charge on any atom is 0.305 e. The molecular formula is C18H35IN4O3. The molecule has 1 saturated heterocycles. The van der Waals surface area contributed by atoms with Gasteiger partial charge in [0.05, 0.1) is 6.61 Å². The molecule has 0 aliphatic carbocycles. The minimum Gasteiger partial charge on any atom is -0.466 e. The normalized spacial score (nSPS) is 14.7. The summed E-state index contributed by atoms with van der Waals surface area (Å²) in [6.45, 7) is 10.8. The quantitative estimate of drug-likeness (QED) is 0.180. The predicted molar refractivity (Wildman–Crippen MR) is 115 cm³/mol. The van der Waals surface area contributed by atoms with E-state index < -0.39 is 0 Å². The molecule has 0 aromatic carbocycles. The summed E-state index contributed by atoms with van der Waals surface area (Å²) in [5, 5.41) is 3.34. The molecule has 1 N–H and O–H groups in total. The number of carbonyl (C=O) groups excluding carboxylic acids is 2. The summed E-state index contributed by atoms with van der Waals surface area (Å²) >= 11 is 0. The van der Waals surface area contributed by atoms with Gasteiger partial charge in [-0.3, -0.25) is 14.6 Å². The van der Waals surface area contributed by atoms with Crippen LogP contribution in [0.1, 0.15) is 52.9 Å². The van der Waals surface area contributed by atoms with Crippen molar-refractivity contribution in [1.29, 1.82) is 0 Å². The second-order valence-electron chi connectivity index (χ2n) is 6.20. The van der Waals surface area contributed by atoms with Crippen molar-refractivity contribution in [1.82, 2.24) is 15.1 Å². The Balaban J connectivity index is 0.00000625. The first kappa shape index (κ1) is 24.9. The molecule has 0 saturated carbocycles. The predicted octanol–water partition coefficient (Wildman–Crippen LogP) is 2.25. The number of hydrogen-bond acceptors (Lipinski definition) is 4. The SMILES string of the molecule is CCNC(=NCCCCCCC(=O)OCC)N1CCN(C(C)=O)CC1.I. The zero-order valence-electron chi connectivity index (χ0n) is 16.5. The van der Waals surface area contributed by atoms with E-state index in [0.29, 0.717) is 13.0 Å². The molecule has 0 radical (unpaired) electrons. The number of amides is 1. The van der Waals surface area contributed by atoms with Crippen LogP contribution in [-0.4, -0.2) is 73.5 Å². The number of carbonyl (C=O) groups is 2. The average Bonchev–Trinajstić information content (AvgIpc) is 2.60. The van der Waals surface area contributed by atoms with Crippen molar-refractivity contribution in [3.05, 3.63) is 0 Å². The van der Waals surface area contributed by atoms with Crippen molar-refractivity contribution >= 4 is 41.8 Å². The Hall–Kier alpha value is -1.06. The molecule has 1 aliphatic heterocycles. The van der Waals surface area contributed by atoms with Crippen LogP contribution < -0.4 is 5.32 Å². The summed E-state index contributed by atoms with van der Waals surface area (Å²) in [5.74, 6) is 0.987. The summed E-state index contributed by atoms with van der Waals surface area (Å²) in [5.41, 5.74) is 0. The van der Waals surface area contributed by atoms with Crippen molar-refractivity contribution in [2.45, 2.75) is 52.9 Å². The highest BCUT2D eigenvalue weighted by atomic mass is 127. The standard InChI is InChI=1S/C18H34N4O3.HI/c1-4-19-18(22-14-12-21(13-15-22)16(3)23)20-11-9-7-6-8-10-17(24)25-5-2;/h4-15H2,1-3H3,(H,19,20);1H. The van der Waals surface area contributed by atoms with E-state index in [2.05, 4.69) is 17.1 Å². The summed E-state index contributed by atoms with van der Waals surface area (Å²) in [7, 11) is 0. The van der Waals surface area contributed by atoms with Crippen LogP contribution in [0.2, 0.25) is 0 Å². The van der Waals surface area contributed by atoms with Gasteiger partial charge in [-0.05, 0) is 26.7 Å². The average molecular weight is 482 g/mol. The van der Waals surface area contributed by atoms with Gasteiger partial charge in [-0.25, -0.2) is 0 Å². The molecule has 0 spiro atoms. The number of unbranched alkanes of at least 4 members (excludes halogenated alkanes) is 3. The molecule has 1 heterocycles. The molecule has 0 unspecified atom stereocenters. The molecule has 1 amide bonds.